The van der Waals surface area contributed by atoms with Gasteiger partial charge in [0.2, 0.25) is 0 Å². The minimum absolute atomic E-state index is 0.0834. The van der Waals surface area contributed by atoms with Gasteiger partial charge in [0.15, 0.2) is 0 Å². The summed E-state index contributed by atoms with van der Waals surface area (Å²) in [4.78, 5) is 6.55. The molecule has 0 aliphatic rings. The van der Waals surface area contributed by atoms with Crippen molar-refractivity contribution in [1.29, 1.82) is 0 Å². The zero-order chi connectivity index (χ0) is 10.6. The first-order valence-electron chi connectivity index (χ1n) is 5.03. The lowest BCUT2D eigenvalue weighted by molar-refractivity contribution is 0.281. The summed E-state index contributed by atoms with van der Waals surface area (Å²) in [6.45, 7) is 5.16. The molecular formula is C11H18N2O. The van der Waals surface area contributed by atoms with Crippen molar-refractivity contribution in [3.63, 3.8) is 0 Å². The van der Waals surface area contributed by atoms with Crippen molar-refractivity contribution in [1.82, 2.24) is 4.98 Å². The second kappa shape index (κ2) is 4.96. The summed E-state index contributed by atoms with van der Waals surface area (Å²) in [5.74, 6) is 0.941. The van der Waals surface area contributed by atoms with E-state index in [0.717, 1.165) is 30.0 Å². The maximum atomic E-state index is 9.09. The minimum Gasteiger partial charge on any atom is -0.392 e. The number of nitrogens with zero attached hydrogens (tertiary/aromatic N) is 2. The van der Waals surface area contributed by atoms with E-state index in [1.54, 1.807) is 0 Å². The van der Waals surface area contributed by atoms with Gasteiger partial charge in [0, 0.05) is 19.3 Å². The molecule has 3 heteroatoms. The standard InChI is InChI=1S/C11H18N2O/c1-4-10-6-9(8-14)7-11(12-10)13(3)5-2/h6-7,14H,4-5,8H2,1-3H3. The Balaban J connectivity index is 3.04. The highest BCUT2D eigenvalue weighted by Crippen LogP contribution is 2.14. The molecule has 14 heavy (non-hydrogen) atoms. The van der Waals surface area contributed by atoms with Crippen LogP contribution in [0.25, 0.3) is 0 Å². The van der Waals surface area contributed by atoms with Crippen LogP contribution in [0.2, 0.25) is 0 Å². The summed E-state index contributed by atoms with van der Waals surface area (Å²) >= 11 is 0. The van der Waals surface area contributed by atoms with E-state index in [-0.39, 0.29) is 6.61 Å². The fourth-order valence-electron chi connectivity index (χ4n) is 1.26. The third-order valence-corrected chi connectivity index (χ3v) is 2.33. The first-order chi connectivity index (χ1) is 6.71. The molecule has 0 aliphatic heterocycles. The second-order valence-corrected chi connectivity index (χ2v) is 3.35. The quantitative estimate of drug-likeness (QED) is 0.790. The van der Waals surface area contributed by atoms with E-state index >= 15 is 0 Å². The van der Waals surface area contributed by atoms with E-state index in [9.17, 15) is 0 Å². The van der Waals surface area contributed by atoms with Crippen LogP contribution in [-0.4, -0.2) is 23.7 Å². The van der Waals surface area contributed by atoms with Crippen LogP contribution < -0.4 is 4.90 Å². The Bertz CT molecular complexity index is 277. The van der Waals surface area contributed by atoms with Gasteiger partial charge in [-0.1, -0.05) is 6.92 Å². The zero-order valence-electron chi connectivity index (χ0n) is 9.12. The van der Waals surface area contributed by atoms with Crippen LogP contribution in [0.4, 0.5) is 5.82 Å². The number of rotatable bonds is 4. The van der Waals surface area contributed by atoms with E-state index in [2.05, 4.69) is 23.7 Å². The van der Waals surface area contributed by atoms with Crippen LogP contribution in [0.3, 0.4) is 0 Å². The molecule has 0 atom stereocenters. The molecule has 0 saturated heterocycles. The molecule has 78 valence electrons. The fourth-order valence-corrected chi connectivity index (χ4v) is 1.26. The Morgan fingerprint density at radius 2 is 2.07 bits per heavy atom. The van der Waals surface area contributed by atoms with E-state index in [1.807, 2.05) is 19.2 Å². The van der Waals surface area contributed by atoms with Gasteiger partial charge < -0.3 is 10.0 Å². The van der Waals surface area contributed by atoms with E-state index in [4.69, 9.17) is 5.11 Å². The summed E-state index contributed by atoms with van der Waals surface area (Å²) in [5.41, 5.74) is 1.97. The lowest BCUT2D eigenvalue weighted by atomic mass is 10.2. The molecule has 0 aromatic carbocycles. The maximum absolute atomic E-state index is 9.09. The number of pyridine rings is 1. The third-order valence-electron chi connectivity index (χ3n) is 2.33. The molecule has 0 fully saturated rings. The zero-order valence-corrected chi connectivity index (χ0v) is 9.12. The minimum atomic E-state index is 0.0834. The van der Waals surface area contributed by atoms with Crippen LogP contribution in [0.1, 0.15) is 25.1 Å². The monoisotopic (exact) mass is 194 g/mol. The highest BCUT2D eigenvalue weighted by atomic mass is 16.3. The van der Waals surface area contributed by atoms with Crippen molar-refractivity contribution in [2.45, 2.75) is 26.9 Å². The first kappa shape index (κ1) is 11.0. The van der Waals surface area contributed by atoms with Crippen molar-refractivity contribution in [2.75, 3.05) is 18.5 Å². The highest BCUT2D eigenvalue weighted by molar-refractivity contribution is 5.41. The van der Waals surface area contributed by atoms with Crippen molar-refractivity contribution < 1.29 is 5.11 Å². The molecule has 1 N–H and O–H groups in total. The summed E-state index contributed by atoms with van der Waals surface area (Å²) < 4.78 is 0. The van der Waals surface area contributed by atoms with Crippen LogP contribution in [-0.2, 0) is 13.0 Å². The van der Waals surface area contributed by atoms with Crippen LogP contribution >= 0.6 is 0 Å². The highest BCUT2D eigenvalue weighted by Gasteiger charge is 2.04. The predicted octanol–water partition coefficient (Wildman–Crippen LogP) is 1.59. The average molecular weight is 194 g/mol. The van der Waals surface area contributed by atoms with Gasteiger partial charge in [-0.05, 0) is 31.0 Å². The van der Waals surface area contributed by atoms with Gasteiger partial charge in [0.05, 0.1) is 6.61 Å². The number of hydrogen-bond donors (Lipinski definition) is 1. The third kappa shape index (κ3) is 2.45. The summed E-state index contributed by atoms with van der Waals surface area (Å²) in [7, 11) is 2.00. The average Bonchev–Trinajstić information content (AvgIpc) is 2.27. The normalized spacial score (nSPS) is 10.3. The van der Waals surface area contributed by atoms with Gasteiger partial charge in [-0.15, -0.1) is 0 Å². The Hall–Kier alpha value is -1.09. The van der Waals surface area contributed by atoms with Gasteiger partial charge >= 0.3 is 0 Å². The smallest absolute Gasteiger partial charge is 0.128 e. The maximum Gasteiger partial charge on any atom is 0.128 e. The number of aliphatic hydroxyl groups excluding tert-OH is 1. The lowest BCUT2D eigenvalue weighted by Gasteiger charge is -2.17. The number of aromatic nitrogens is 1. The van der Waals surface area contributed by atoms with Gasteiger partial charge in [-0.3, -0.25) is 0 Å². The molecule has 0 radical (unpaired) electrons. The van der Waals surface area contributed by atoms with Gasteiger partial charge in [-0.25, -0.2) is 4.98 Å². The van der Waals surface area contributed by atoms with Crippen LogP contribution in [0, 0.1) is 0 Å². The van der Waals surface area contributed by atoms with E-state index in [1.165, 1.54) is 0 Å². The van der Waals surface area contributed by atoms with Crippen LogP contribution in [0.15, 0.2) is 12.1 Å². The van der Waals surface area contributed by atoms with Crippen molar-refractivity contribution >= 4 is 5.82 Å². The lowest BCUT2D eigenvalue weighted by Crippen LogP contribution is -2.18. The molecule has 1 rings (SSSR count). The molecule has 0 aliphatic carbocycles. The largest absolute Gasteiger partial charge is 0.392 e. The van der Waals surface area contributed by atoms with Crippen molar-refractivity contribution in [3.8, 4) is 0 Å². The second-order valence-electron chi connectivity index (χ2n) is 3.35. The van der Waals surface area contributed by atoms with Gasteiger partial charge in [0.25, 0.3) is 0 Å². The Morgan fingerprint density at radius 1 is 1.36 bits per heavy atom. The Labute approximate surface area is 85.4 Å². The Kier molecular flexibility index (Phi) is 3.89. The summed E-state index contributed by atoms with van der Waals surface area (Å²) in [6.07, 6.45) is 0.901. The molecular weight excluding hydrogens is 176 g/mol. The SMILES string of the molecule is CCc1cc(CO)cc(N(C)CC)n1. The molecule has 1 aromatic rings. The topological polar surface area (TPSA) is 36.4 Å². The number of anilines is 1. The predicted molar refractivity (Wildman–Crippen MR) is 58.5 cm³/mol. The molecule has 3 nitrogen and oxygen atoms in total. The molecule has 1 heterocycles. The number of aryl methyl sites for hydroxylation is 1. The first-order valence-corrected chi connectivity index (χ1v) is 5.03. The van der Waals surface area contributed by atoms with Crippen LogP contribution in [0.5, 0.6) is 0 Å². The molecule has 0 amide bonds. The molecule has 0 unspecified atom stereocenters. The Morgan fingerprint density at radius 3 is 2.57 bits per heavy atom. The van der Waals surface area contributed by atoms with Gasteiger partial charge in [0.1, 0.15) is 5.82 Å². The fraction of sp³-hybridized carbons (Fsp3) is 0.545. The van der Waals surface area contributed by atoms with E-state index < -0.39 is 0 Å². The number of aliphatic hydroxyl groups is 1. The van der Waals surface area contributed by atoms with Crippen molar-refractivity contribution in [2.24, 2.45) is 0 Å². The number of hydrogen-bond acceptors (Lipinski definition) is 3. The molecule has 0 spiro atoms. The summed E-state index contributed by atoms with van der Waals surface area (Å²) in [6, 6.07) is 3.88. The molecule has 0 bridgehead atoms. The van der Waals surface area contributed by atoms with Crippen molar-refractivity contribution in [3.05, 3.63) is 23.4 Å². The van der Waals surface area contributed by atoms with Gasteiger partial charge in [-0.2, -0.15) is 0 Å². The van der Waals surface area contributed by atoms with E-state index in [0.29, 0.717) is 0 Å². The molecule has 1 aromatic heterocycles. The molecule has 0 saturated carbocycles. The summed E-state index contributed by atoms with van der Waals surface area (Å²) in [5, 5.41) is 9.09.